The summed E-state index contributed by atoms with van der Waals surface area (Å²) < 4.78 is 5.00. The van der Waals surface area contributed by atoms with Gasteiger partial charge in [-0.1, -0.05) is 90.6 Å². The predicted octanol–water partition coefficient (Wildman–Crippen LogP) is 4.80. The van der Waals surface area contributed by atoms with Gasteiger partial charge in [0.25, 0.3) is 0 Å². The van der Waals surface area contributed by atoms with E-state index in [9.17, 15) is 14.4 Å². The first kappa shape index (κ1) is 25.3. The van der Waals surface area contributed by atoms with Crippen LogP contribution in [0.5, 0.6) is 0 Å². The Bertz CT molecular complexity index is 1320. The van der Waals surface area contributed by atoms with Gasteiger partial charge < -0.3 is 15.0 Å². The Hall–Kier alpha value is -3.84. The first-order valence-corrected chi connectivity index (χ1v) is 12.7. The number of carbonyl (C=O) groups is 3. The summed E-state index contributed by atoms with van der Waals surface area (Å²) >= 11 is 1.11. The van der Waals surface area contributed by atoms with Crippen molar-refractivity contribution in [1.82, 2.24) is 10.3 Å². The van der Waals surface area contributed by atoms with Crippen molar-refractivity contribution in [3.05, 3.63) is 108 Å². The van der Waals surface area contributed by atoms with Crippen LogP contribution in [0.4, 0.5) is 0 Å². The molecule has 0 aliphatic heterocycles. The van der Waals surface area contributed by atoms with Crippen molar-refractivity contribution in [2.75, 3.05) is 12.9 Å². The fraction of sp³-hybridized carbons (Fsp3) is 0.207. The van der Waals surface area contributed by atoms with Crippen molar-refractivity contribution >= 4 is 39.7 Å². The van der Waals surface area contributed by atoms with E-state index in [-0.39, 0.29) is 23.2 Å². The number of H-pyrrole nitrogens is 1. The Morgan fingerprint density at radius 2 is 1.56 bits per heavy atom. The molecule has 2 N–H and O–H groups in total. The molecule has 3 aromatic carbocycles. The SMILES string of the molecule is COC(=O)[C@H](Cc1c[nH]c2ccccc12)NC(=O)C(CSC(=O)c1ccccc1)Cc1ccccc1. The molecule has 184 valence electrons. The van der Waals surface area contributed by atoms with Gasteiger partial charge in [0.1, 0.15) is 6.04 Å². The summed E-state index contributed by atoms with van der Waals surface area (Å²) in [6, 6.07) is 25.6. The lowest BCUT2D eigenvalue weighted by molar-refractivity contribution is -0.145. The highest BCUT2D eigenvalue weighted by atomic mass is 32.2. The fourth-order valence-corrected chi connectivity index (χ4v) is 5.03. The number of para-hydroxylation sites is 1. The topological polar surface area (TPSA) is 88.3 Å². The van der Waals surface area contributed by atoms with Crippen LogP contribution in [0.1, 0.15) is 21.5 Å². The van der Waals surface area contributed by atoms with Crippen LogP contribution in [0.15, 0.2) is 91.1 Å². The van der Waals surface area contributed by atoms with Gasteiger partial charge in [-0.25, -0.2) is 4.79 Å². The average Bonchev–Trinajstić information content (AvgIpc) is 3.33. The van der Waals surface area contributed by atoms with Gasteiger partial charge in [0, 0.05) is 34.8 Å². The van der Waals surface area contributed by atoms with Gasteiger partial charge >= 0.3 is 5.97 Å². The summed E-state index contributed by atoms with van der Waals surface area (Å²) in [4.78, 5) is 42.0. The third-order valence-corrected chi connectivity index (χ3v) is 7.09. The smallest absolute Gasteiger partial charge is 0.328 e. The third-order valence-electron chi connectivity index (χ3n) is 6.02. The molecule has 1 aromatic heterocycles. The minimum atomic E-state index is -0.852. The number of hydrogen-bond donors (Lipinski definition) is 2. The second-order valence-corrected chi connectivity index (χ2v) is 9.49. The van der Waals surface area contributed by atoms with Gasteiger partial charge in [0.15, 0.2) is 0 Å². The number of aromatic nitrogens is 1. The van der Waals surface area contributed by atoms with E-state index in [1.807, 2.05) is 79.0 Å². The van der Waals surface area contributed by atoms with Crippen LogP contribution in [0, 0.1) is 5.92 Å². The summed E-state index contributed by atoms with van der Waals surface area (Å²) in [5, 5.41) is 3.80. The highest BCUT2D eigenvalue weighted by Crippen LogP contribution is 2.22. The van der Waals surface area contributed by atoms with Gasteiger partial charge in [0.2, 0.25) is 11.0 Å². The van der Waals surface area contributed by atoms with Gasteiger partial charge in [0.05, 0.1) is 13.0 Å². The highest BCUT2D eigenvalue weighted by molar-refractivity contribution is 8.14. The molecule has 1 unspecified atom stereocenters. The minimum Gasteiger partial charge on any atom is -0.467 e. The Balaban J connectivity index is 1.51. The number of nitrogens with one attached hydrogen (secondary N) is 2. The van der Waals surface area contributed by atoms with Gasteiger partial charge in [-0.2, -0.15) is 0 Å². The van der Waals surface area contributed by atoms with E-state index in [1.165, 1.54) is 7.11 Å². The van der Waals surface area contributed by atoms with Crippen LogP contribution in [-0.4, -0.2) is 40.9 Å². The molecule has 0 saturated heterocycles. The monoisotopic (exact) mass is 500 g/mol. The van der Waals surface area contributed by atoms with E-state index >= 15 is 0 Å². The number of amides is 1. The molecule has 0 aliphatic rings. The van der Waals surface area contributed by atoms with Crippen molar-refractivity contribution in [2.45, 2.75) is 18.9 Å². The molecule has 36 heavy (non-hydrogen) atoms. The zero-order chi connectivity index (χ0) is 25.3. The molecule has 7 heteroatoms. The quantitative estimate of drug-likeness (QED) is 0.306. The number of ether oxygens (including phenoxy) is 1. The Morgan fingerprint density at radius 1 is 0.889 bits per heavy atom. The van der Waals surface area contributed by atoms with E-state index < -0.39 is 17.9 Å². The minimum absolute atomic E-state index is 0.0928. The van der Waals surface area contributed by atoms with Crippen LogP contribution in [-0.2, 0) is 27.2 Å². The predicted molar refractivity (Wildman–Crippen MR) is 143 cm³/mol. The molecule has 1 heterocycles. The van der Waals surface area contributed by atoms with Crippen molar-refractivity contribution in [2.24, 2.45) is 5.92 Å². The molecule has 6 nitrogen and oxygen atoms in total. The number of thioether (sulfide) groups is 1. The summed E-state index contributed by atoms with van der Waals surface area (Å²) in [5.74, 6) is -1.03. The molecule has 4 aromatic rings. The number of rotatable bonds is 10. The van der Waals surface area contributed by atoms with Crippen LogP contribution in [0.25, 0.3) is 10.9 Å². The second-order valence-electron chi connectivity index (χ2n) is 8.50. The lowest BCUT2D eigenvalue weighted by Crippen LogP contribution is -2.46. The largest absolute Gasteiger partial charge is 0.467 e. The van der Waals surface area contributed by atoms with E-state index in [2.05, 4.69) is 10.3 Å². The van der Waals surface area contributed by atoms with Crippen molar-refractivity contribution in [3.8, 4) is 0 Å². The Morgan fingerprint density at radius 3 is 2.28 bits per heavy atom. The molecule has 2 atom stereocenters. The van der Waals surface area contributed by atoms with Crippen molar-refractivity contribution in [1.29, 1.82) is 0 Å². The van der Waals surface area contributed by atoms with Crippen molar-refractivity contribution in [3.63, 3.8) is 0 Å². The summed E-state index contributed by atoms with van der Waals surface area (Å²) in [7, 11) is 1.31. The first-order valence-electron chi connectivity index (χ1n) is 11.7. The Kier molecular flexibility index (Phi) is 8.57. The summed E-state index contributed by atoms with van der Waals surface area (Å²) in [5.41, 5.74) is 3.44. The van der Waals surface area contributed by atoms with Crippen LogP contribution in [0.3, 0.4) is 0 Å². The molecule has 0 radical (unpaired) electrons. The zero-order valence-corrected chi connectivity index (χ0v) is 20.8. The number of hydrogen-bond acceptors (Lipinski definition) is 5. The van der Waals surface area contributed by atoms with E-state index in [0.29, 0.717) is 12.0 Å². The summed E-state index contributed by atoms with van der Waals surface area (Å²) in [6.45, 7) is 0. The lowest BCUT2D eigenvalue weighted by atomic mass is 9.99. The third kappa shape index (κ3) is 6.43. The molecule has 0 fully saturated rings. The number of aromatic amines is 1. The van der Waals surface area contributed by atoms with Gasteiger partial charge in [-0.05, 0) is 23.6 Å². The van der Waals surface area contributed by atoms with E-state index in [4.69, 9.17) is 4.74 Å². The van der Waals surface area contributed by atoms with Gasteiger partial charge in [-0.15, -0.1) is 0 Å². The van der Waals surface area contributed by atoms with Crippen LogP contribution in [0.2, 0.25) is 0 Å². The second kappa shape index (κ2) is 12.2. The molecular weight excluding hydrogens is 472 g/mol. The Labute approximate surface area is 214 Å². The molecule has 0 spiro atoms. The number of fused-ring (bicyclic) bond motifs is 1. The molecular formula is C29H28N2O4S. The molecule has 0 aliphatic carbocycles. The normalized spacial score (nSPS) is 12.6. The lowest BCUT2D eigenvalue weighted by Gasteiger charge is -2.21. The number of methoxy groups -OCH3 is 1. The summed E-state index contributed by atoms with van der Waals surface area (Å²) in [6.07, 6.45) is 2.59. The molecule has 1 amide bonds. The maximum atomic E-state index is 13.5. The maximum absolute atomic E-state index is 13.5. The van der Waals surface area contributed by atoms with Crippen LogP contribution < -0.4 is 5.32 Å². The van der Waals surface area contributed by atoms with Gasteiger partial charge in [-0.3, -0.25) is 9.59 Å². The highest BCUT2D eigenvalue weighted by Gasteiger charge is 2.28. The molecule has 0 saturated carbocycles. The number of esters is 1. The van der Waals surface area contributed by atoms with E-state index in [1.54, 1.807) is 12.1 Å². The number of carbonyl (C=O) groups excluding carboxylic acids is 3. The van der Waals surface area contributed by atoms with E-state index in [0.717, 1.165) is 33.8 Å². The fourth-order valence-electron chi connectivity index (χ4n) is 4.11. The zero-order valence-electron chi connectivity index (χ0n) is 20.0. The molecule has 0 bridgehead atoms. The standard InChI is InChI=1S/C29H28N2O4S/c1-35-28(33)26(17-22-18-30-25-15-9-8-14-24(22)25)31-27(32)23(16-20-10-4-2-5-11-20)19-36-29(34)21-12-6-3-7-13-21/h2-15,18,23,26,30H,16-17,19H2,1H3,(H,31,32)/t23?,26-/m0/s1. The average molecular weight is 501 g/mol. The van der Waals surface area contributed by atoms with Crippen LogP contribution >= 0.6 is 11.8 Å². The number of benzene rings is 3. The molecule has 4 rings (SSSR count). The van der Waals surface area contributed by atoms with Crippen molar-refractivity contribution < 1.29 is 19.1 Å². The maximum Gasteiger partial charge on any atom is 0.328 e. The first-order chi connectivity index (χ1) is 17.5.